The second-order valence-corrected chi connectivity index (χ2v) is 17.7. The zero-order valence-electron chi connectivity index (χ0n) is 33.6. The molecule has 0 spiro atoms. The highest BCUT2D eigenvalue weighted by Crippen LogP contribution is 2.43. The number of rotatable bonds is 17. The van der Waals surface area contributed by atoms with Crippen molar-refractivity contribution in [1.82, 2.24) is 19.9 Å². The Labute approximate surface area is 356 Å². The van der Waals surface area contributed by atoms with Crippen LogP contribution in [0, 0.1) is 0 Å². The number of carbonyl (C=O) groups is 2. The van der Waals surface area contributed by atoms with Crippen molar-refractivity contribution in [1.29, 1.82) is 0 Å². The summed E-state index contributed by atoms with van der Waals surface area (Å²) in [6, 6.07) is -0.427. The van der Waals surface area contributed by atoms with Crippen LogP contribution in [0.2, 0.25) is 10.3 Å². The number of carbonyl (C=O) groups excluding carboxylic acids is 1. The number of hydrogen-bond acceptors (Lipinski definition) is 19. The standard InChI is InChI=1S/C19H29ClN4O5S.C17H25ClN4O5S/c1-5-7-30-18-23-16(20)13(21)17(24-18)22-10-8-11(27-9-12(25)26-6-2)15-14(10)28-19(3,4)29-15;1-4-5-28-16-21-14(18)11(19)15(22-16)20-8-6-9(25-7-10(23)24)13-12(8)26-17(2,3)27-13/h10-11,14-15H,5-9,21H2,1-4H3,(H,22,23,24);8-9,12-13H,4-7,19H2,1-3H3,(H,23,24)(H,20,21,22)/t10?,11-,14-,15+;8?,9-,12-,13+/m00/s1. The van der Waals surface area contributed by atoms with Crippen molar-refractivity contribution in [3.05, 3.63) is 10.3 Å². The van der Waals surface area contributed by atoms with Gasteiger partial charge < -0.3 is 60.4 Å². The van der Waals surface area contributed by atoms with E-state index in [1.54, 1.807) is 6.92 Å². The molecule has 8 atom stereocenters. The molecular weight excluding hydrogens is 839 g/mol. The van der Waals surface area contributed by atoms with E-state index < -0.39 is 36.2 Å². The van der Waals surface area contributed by atoms with Crippen LogP contribution in [0.5, 0.6) is 0 Å². The molecule has 2 unspecified atom stereocenters. The van der Waals surface area contributed by atoms with Gasteiger partial charge in [-0.2, -0.15) is 0 Å². The van der Waals surface area contributed by atoms with Crippen molar-refractivity contribution in [2.24, 2.45) is 0 Å². The number of nitrogen functional groups attached to an aromatic ring is 2. The molecule has 18 nitrogen and oxygen atoms in total. The van der Waals surface area contributed by atoms with E-state index in [2.05, 4.69) is 44.4 Å². The van der Waals surface area contributed by atoms with E-state index in [-0.39, 0.29) is 70.9 Å². The summed E-state index contributed by atoms with van der Waals surface area (Å²) >= 11 is 15.4. The molecule has 2 aromatic heterocycles. The Kier molecular flexibility index (Phi) is 16.2. The molecule has 0 amide bonds. The zero-order chi connectivity index (χ0) is 42.4. The number of esters is 1. The van der Waals surface area contributed by atoms with Gasteiger partial charge in [0.05, 0.1) is 30.9 Å². The molecule has 4 fully saturated rings. The summed E-state index contributed by atoms with van der Waals surface area (Å²) in [5.74, 6) is -0.377. The zero-order valence-corrected chi connectivity index (χ0v) is 36.8. The van der Waals surface area contributed by atoms with Gasteiger partial charge in [0, 0.05) is 11.5 Å². The van der Waals surface area contributed by atoms with Gasteiger partial charge in [0.1, 0.15) is 49.0 Å². The van der Waals surface area contributed by atoms with Gasteiger partial charge in [0.15, 0.2) is 43.8 Å². The minimum atomic E-state index is -1.03. The maximum absolute atomic E-state index is 11.7. The van der Waals surface area contributed by atoms with E-state index in [1.807, 2.05) is 27.7 Å². The van der Waals surface area contributed by atoms with Gasteiger partial charge in [-0.1, -0.05) is 60.6 Å². The quantitative estimate of drug-likeness (QED) is 0.0589. The molecule has 4 aliphatic rings. The van der Waals surface area contributed by atoms with Gasteiger partial charge in [-0.05, 0) is 60.3 Å². The number of nitrogens with two attached hydrogens (primary N) is 2. The molecule has 6 rings (SSSR count). The third kappa shape index (κ3) is 12.0. The van der Waals surface area contributed by atoms with Crippen molar-refractivity contribution in [2.45, 2.75) is 145 Å². The molecule has 22 heteroatoms. The fourth-order valence-electron chi connectivity index (χ4n) is 6.97. The summed E-state index contributed by atoms with van der Waals surface area (Å²) in [6.45, 7) is 13.0. The third-order valence-corrected chi connectivity index (χ3v) is 11.9. The molecule has 0 aromatic carbocycles. The molecule has 324 valence electrons. The summed E-state index contributed by atoms with van der Waals surface area (Å²) in [7, 11) is 0. The van der Waals surface area contributed by atoms with Crippen LogP contribution >= 0.6 is 46.7 Å². The van der Waals surface area contributed by atoms with Crippen LogP contribution in [0.4, 0.5) is 23.0 Å². The van der Waals surface area contributed by atoms with Crippen LogP contribution in [-0.4, -0.2) is 129 Å². The first kappa shape index (κ1) is 46.4. The van der Waals surface area contributed by atoms with Crippen LogP contribution in [0.15, 0.2) is 10.3 Å². The molecule has 2 saturated carbocycles. The van der Waals surface area contributed by atoms with Crippen LogP contribution in [0.25, 0.3) is 0 Å². The summed E-state index contributed by atoms with van der Waals surface area (Å²) in [6.07, 6.45) is 0.873. The van der Waals surface area contributed by atoms with Crippen molar-refractivity contribution in [2.75, 3.05) is 53.4 Å². The molecule has 0 bridgehead atoms. The summed E-state index contributed by atoms with van der Waals surface area (Å²) in [4.78, 5) is 40.1. The summed E-state index contributed by atoms with van der Waals surface area (Å²) in [5.41, 5.74) is 12.7. The average Bonchev–Trinajstić information content (AvgIpc) is 3.85. The van der Waals surface area contributed by atoms with Gasteiger partial charge in [-0.15, -0.1) is 0 Å². The second kappa shape index (κ2) is 20.3. The molecule has 4 heterocycles. The van der Waals surface area contributed by atoms with Gasteiger partial charge in [-0.3, -0.25) is 0 Å². The number of aromatic nitrogens is 4. The lowest BCUT2D eigenvalue weighted by atomic mass is 10.2. The number of nitrogens with zero attached hydrogens (tertiary/aromatic N) is 4. The van der Waals surface area contributed by atoms with Crippen molar-refractivity contribution < 1.29 is 47.9 Å². The normalized spacial score (nSPS) is 27.7. The predicted molar refractivity (Wildman–Crippen MR) is 220 cm³/mol. The monoisotopic (exact) mass is 892 g/mol. The number of ether oxygens (including phenoxy) is 7. The third-order valence-electron chi connectivity index (χ3n) is 9.24. The smallest absolute Gasteiger partial charge is 0.332 e. The number of nitrogens with one attached hydrogen (secondary N) is 2. The van der Waals surface area contributed by atoms with Gasteiger partial charge in [-0.25, -0.2) is 29.5 Å². The van der Waals surface area contributed by atoms with E-state index in [0.717, 1.165) is 24.3 Å². The maximum atomic E-state index is 11.7. The maximum Gasteiger partial charge on any atom is 0.332 e. The Hall–Kier alpha value is -2.66. The van der Waals surface area contributed by atoms with Crippen LogP contribution in [0.3, 0.4) is 0 Å². The lowest BCUT2D eigenvalue weighted by molar-refractivity contribution is -0.172. The predicted octanol–water partition coefficient (Wildman–Crippen LogP) is 5.26. The number of aliphatic carboxylic acids is 1. The Morgan fingerprint density at radius 3 is 1.55 bits per heavy atom. The molecule has 2 aliphatic carbocycles. The fraction of sp³-hybridized carbons (Fsp3) is 0.722. The number of anilines is 4. The van der Waals surface area contributed by atoms with Crippen LogP contribution in [0.1, 0.15) is 74.1 Å². The number of carboxylic acids is 1. The van der Waals surface area contributed by atoms with E-state index >= 15 is 0 Å². The van der Waals surface area contributed by atoms with E-state index in [1.165, 1.54) is 23.5 Å². The lowest BCUT2D eigenvalue weighted by Gasteiger charge is -2.24. The van der Waals surface area contributed by atoms with Gasteiger partial charge in [0.25, 0.3) is 0 Å². The number of hydrogen-bond donors (Lipinski definition) is 5. The van der Waals surface area contributed by atoms with E-state index in [0.29, 0.717) is 41.4 Å². The minimum absolute atomic E-state index is 0.141. The number of thioether (sulfide) groups is 2. The molecule has 2 saturated heterocycles. The van der Waals surface area contributed by atoms with E-state index in [9.17, 15) is 9.59 Å². The SMILES string of the molecule is CCCSc1nc(Cl)c(N)c(NC2C[C@H](OCC(=O)O)[C@H]3OC(C)(C)O[C@@H]23)n1.CCCSc1nc(Cl)c(N)c(NC2C[C@H](OCC(=O)OCC)[C@H]3OC(C)(C)O[C@@H]23)n1. The highest BCUT2D eigenvalue weighted by Gasteiger charge is 2.56. The summed E-state index contributed by atoms with van der Waals surface area (Å²) < 4.78 is 40.4. The minimum Gasteiger partial charge on any atom is -0.480 e. The number of fused-ring (bicyclic) bond motifs is 2. The highest BCUT2D eigenvalue weighted by molar-refractivity contribution is 7.99. The molecule has 58 heavy (non-hydrogen) atoms. The second-order valence-electron chi connectivity index (χ2n) is 14.8. The molecule has 7 N–H and O–H groups in total. The van der Waals surface area contributed by atoms with Crippen molar-refractivity contribution >= 4 is 81.7 Å². The molecule has 2 aromatic rings. The number of halogens is 2. The Balaban J connectivity index is 0.000000221. The Morgan fingerprint density at radius 1 is 0.741 bits per heavy atom. The first-order valence-electron chi connectivity index (χ1n) is 19.2. The van der Waals surface area contributed by atoms with Gasteiger partial charge >= 0.3 is 11.9 Å². The topological polar surface area (TPSA) is 247 Å². The fourth-order valence-corrected chi connectivity index (χ4v) is 8.80. The lowest BCUT2D eigenvalue weighted by Crippen LogP contribution is -2.35. The van der Waals surface area contributed by atoms with Crippen molar-refractivity contribution in [3.63, 3.8) is 0 Å². The largest absolute Gasteiger partial charge is 0.480 e. The molecule has 0 radical (unpaired) electrons. The molecular formula is C36H54Cl2N8O10S2. The first-order chi connectivity index (χ1) is 27.4. The molecule has 2 aliphatic heterocycles. The van der Waals surface area contributed by atoms with Crippen molar-refractivity contribution in [3.8, 4) is 0 Å². The van der Waals surface area contributed by atoms with Crippen LogP contribution < -0.4 is 22.1 Å². The summed E-state index contributed by atoms with van der Waals surface area (Å²) in [5, 5.41) is 17.1. The van der Waals surface area contributed by atoms with Crippen LogP contribution in [-0.2, 0) is 42.7 Å². The van der Waals surface area contributed by atoms with E-state index in [4.69, 9.17) is 72.9 Å². The first-order valence-corrected chi connectivity index (χ1v) is 21.9. The highest BCUT2D eigenvalue weighted by atomic mass is 35.5. The Bertz CT molecular complexity index is 1750. The number of carboxylic acid groups (broad SMARTS) is 1. The Morgan fingerprint density at radius 2 is 1.16 bits per heavy atom. The van der Waals surface area contributed by atoms with Gasteiger partial charge in [0.2, 0.25) is 0 Å². The average molecular weight is 894 g/mol.